The largest absolute Gasteiger partial charge is 0.496 e. The third-order valence-electron chi connectivity index (χ3n) is 5.98. The van der Waals surface area contributed by atoms with Crippen LogP contribution in [0, 0.1) is 0 Å². The summed E-state index contributed by atoms with van der Waals surface area (Å²) in [4.78, 5) is 24.9. The van der Waals surface area contributed by atoms with Crippen LogP contribution in [0.1, 0.15) is 68.1 Å². The monoisotopic (exact) mass is 451 g/mol. The summed E-state index contributed by atoms with van der Waals surface area (Å²) in [6, 6.07) is 4.59. The molecule has 1 aliphatic heterocycles. The normalized spacial score (nSPS) is 18.4. The number of rotatable bonds is 8. The zero-order valence-electron chi connectivity index (χ0n) is 18.2. The lowest BCUT2D eigenvalue weighted by molar-refractivity contribution is -0.121. The highest BCUT2D eigenvalue weighted by Gasteiger charge is 2.27. The molecule has 1 aliphatic carbocycles. The fourth-order valence-corrected chi connectivity index (χ4v) is 5.75. The second-order valence-electron chi connectivity index (χ2n) is 8.24. The van der Waals surface area contributed by atoms with Gasteiger partial charge in [0.05, 0.1) is 17.6 Å². The van der Waals surface area contributed by atoms with Crippen molar-refractivity contribution in [2.45, 2.75) is 68.7 Å². The van der Waals surface area contributed by atoms with Crippen molar-refractivity contribution in [1.29, 1.82) is 0 Å². The van der Waals surface area contributed by atoms with Crippen molar-refractivity contribution in [3.63, 3.8) is 0 Å². The minimum Gasteiger partial charge on any atom is -0.496 e. The van der Waals surface area contributed by atoms with Crippen molar-refractivity contribution in [3.8, 4) is 5.75 Å². The second-order valence-corrected chi connectivity index (χ2v) is 10.2. The predicted molar refractivity (Wildman–Crippen MR) is 118 cm³/mol. The fraction of sp³-hybridized carbons (Fsp3) is 0.636. The van der Waals surface area contributed by atoms with E-state index < -0.39 is 15.9 Å². The van der Waals surface area contributed by atoms with Crippen molar-refractivity contribution in [2.24, 2.45) is 0 Å². The molecule has 0 atom stereocenters. The van der Waals surface area contributed by atoms with Gasteiger partial charge in [-0.05, 0) is 43.9 Å². The molecule has 31 heavy (non-hydrogen) atoms. The van der Waals surface area contributed by atoms with E-state index in [0.29, 0.717) is 18.8 Å². The molecule has 0 bridgehead atoms. The highest BCUT2D eigenvalue weighted by atomic mass is 32.2. The van der Waals surface area contributed by atoms with Crippen molar-refractivity contribution in [2.75, 3.05) is 26.7 Å². The fourth-order valence-electron chi connectivity index (χ4n) is 4.21. The SMILES string of the molecule is COc1ccc(S(=O)(=O)N2CCCCCC2)cc1C(=O)NCCC(=O)NC1CCCC1. The van der Waals surface area contributed by atoms with Gasteiger partial charge in [0.25, 0.3) is 5.91 Å². The van der Waals surface area contributed by atoms with Crippen molar-refractivity contribution in [3.05, 3.63) is 23.8 Å². The van der Waals surface area contributed by atoms with E-state index in [4.69, 9.17) is 4.74 Å². The van der Waals surface area contributed by atoms with Gasteiger partial charge in [-0.3, -0.25) is 9.59 Å². The Morgan fingerprint density at radius 2 is 1.74 bits per heavy atom. The zero-order chi connectivity index (χ0) is 22.3. The van der Waals surface area contributed by atoms with Gasteiger partial charge in [0.2, 0.25) is 15.9 Å². The van der Waals surface area contributed by atoms with Gasteiger partial charge in [0.1, 0.15) is 5.75 Å². The van der Waals surface area contributed by atoms with E-state index in [1.807, 2.05) is 0 Å². The first-order chi connectivity index (χ1) is 14.9. The summed E-state index contributed by atoms with van der Waals surface area (Å²) in [6.07, 6.45) is 8.19. The minimum absolute atomic E-state index is 0.0827. The molecule has 8 nitrogen and oxygen atoms in total. The molecule has 1 aromatic rings. The minimum atomic E-state index is -3.68. The number of nitrogens with one attached hydrogen (secondary N) is 2. The number of benzene rings is 1. The molecule has 1 saturated carbocycles. The Morgan fingerprint density at radius 1 is 1.06 bits per heavy atom. The van der Waals surface area contributed by atoms with E-state index in [0.717, 1.165) is 51.4 Å². The van der Waals surface area contributed by atoms with E-state index in [2.05, 4.69) is 10.6 Å². The topological polar surface area (TPSA) is 105 Å². The number of hydrogen-bond donors (Lipinski definition) is 2. The lowest BCUT2D eigenvalue weighted by Gasteiger charge is -2.20. The van der Waals surface area contributed by atoms with Crippen molar-refractivity contribution >= 4 is 21.8 Å². The Bertz CT molecular complexity index is 873. The number of sulfonamides is 1. The summed E-state index contributed by atoms with van der Waals surface area (Å²) in [7, 11) is -2.25. The Labute approximate surface area is 184 Å². The molecule has 2 fully saturated rings. The van der Waals surface area contributed by atoms with Gasteiger partial charge in [0.15, 0.2) is 0 Å². The van der Waals surface area contributed by atoms with E-state index >= 15 is 0 Å². The molecule has 2 amide bonds. The van der Waals surface area contributed by atoms with Crippen LogP contribution in [0.25, 0.3) is 0 Å². The predicted octanol–water partition coefficient (Wildman–Crippen LogP) is 2.44. The molecule has 0 spiro atoms. The summed E-state index contributed by atoms with van der Waals surface area (Å²) in [6.45, 7) is 1.15. The number of carbonyl (C=O) groups excluding carboxylic acids is 2. The van der Waals surface area contributed by atoms with E-state index in [1.54, 1.807) is 0 Å². The van der Waals surface area contributed by atoms with Crippen LogP contribution in [0.15, 0.2) is 23.1 Å². The number of methoxy groups -OCH3 is 1. The first-order valence-electron chi connectivity index (χ1n) is 11.2. The van der Waals surface area contributed by atoms with Gasteiger partial charge >= 0.3 is 0 Å². The molecule has 172 valence electrons. The molecule has 1 heterocycles. The maximum atomic E-state index is 13.1. The van der Waals surface area contributed by atoms with Crippen LogP contribution >= 0.6 is 0 Å². The van der Waals surface area contributed by atoms with Crippen LogP contribution in [0.4, 0.5) is 0 Å². The summed E-state index contributed by atoms with van der Waals surface area (Å²) in [5.74, 6) is -0.252. The molecule has 1 saturated heterocycles. The summed E-state index contributed by atoms with van der Waals surface area (Å²) >= 11 is 0. The average molecular weight is 452 g/mol. The number of amides is 2. The highest BCUT2D eigenvalue weighted by Crippen LogP contribution is 2.26. The molecule has 9 heteroatoms. The number of nitrogens with zero attached hydrogens (tertiary/aromatic N) is 1. The summed E-state index contributed by atoms with van der Waals surface area (Å²) < 4.78 is 32.9. The molecule has 0 radical (unpaired) electrons. The van der Waals surface area contributed by atoms with Crippen molar-refractivity contribution in [1.82, 2.24) is 14.9 Å². The van der Waals surface area contributed by atoms with Gasteiger partial charge < -0.3 is 15.4 Å². The molecule has 2 N–H and O–H groups in total. The van der Waals surface area contributed by atoms with Gasteiger partial charge in [0, 0.05) is 32.1 Å². The smallest absolute Gasteiger partial charge is 0.255 e. The quantitative estimate of drug-likeness (QED) is 0.632. The van der Waals surface area contributed by atoms with Gasteiger partial charge in [-0.25, -0.2) is 8.42 Å². The average Bonchev–Trinajstić information content (AvgIpc) is 3.10. The maximum absolute atomic E-state index is 13.1. The standard InChI is InChI=1S/C22H33N3O5S/c1-30-20-11-10-18(31(28,29)25-14-6-2-3-7-15-25)16-19(20)22(27)23-13-12-21(26)24-17-8-4-5-9-17/h10-11,16-17H,2-9,12-15H2,1H3,(H,23,27)(H,24,26). The van der Waals surface area contributed by atoms with Crippen LogP contribution in [0.5, 0.6) is 5.75 Å². The van der Waals surface area contributed by atoms with Gasteiger partial charge in [-0.15, -0.1) is 0 Å². The number of carbonyl (C=O) groups is 2. The van der Waals surface area contributed by atoms with Crippen LogP contribution in [0.3, 0.4) is 0 Å². The third kappa shape index (κ3) is 6.20. The molecule has 1 aromatic carbocycles. The molecular weight excluding hydrogens is 418 g/mol. The lowest BCUT2D eigenvalue weighted by atomic mass is 10.2. The lowest BCUT2D eigenvalue weighted by Crippen LogP contribution is -2.35. The van der Waals surface area contributed by atoms with Gasteiger partial charge in [-0.1, -0.05) is 25.7 Å². The van der Waals surface area contributed by atoms with E-state index in [1.165, 1.54) is 29.6 Å². The van der Waals surface area contributed by atoms with Gasteiger partial charge in [-0.2, -0.15) is 4.31 Å². The first-order valence-corrected chi connectivity index (χ1v) is 12.6. The number of ether oxygens (including phenoxy) is 1. The van der Waals surface area contributed by atoms with E-state index in [9.17, 15) is 18.0 Å². The summed E-state index contributed by atoms with van der Waals surface area (Å²) in [5.41, 5.74) is 0.148. The van der Waals surface area contributed by atoms with Crippen LogP contribution in [0.2, 0.25) is 0 Å². The van der Waals surface area contributed by atoms with Crippen LogP contribution in [-0.2, 0) is 14.8 Å². The Morgan fingerprint density at radius 3 is 2.39 bits per heavy atom. The highest BCUT2D eigenvalue weighted by molar-refractivity contribution is 7.89. The molecule has 3 rings (SSSR count). The maximum Gasteiger partial charge on any atom is 0.255 e. The Kier molecular flexibility index (Phi) is 8.31. The second kappa shape index (κ2) is 10.9. The van der Waals surface area contributed by atoms with Crippen LogP contribution < -0.4 is 15.4 Å². The molecule has 0 aromatic heterocycles. The Balaban J connectivity index is 1.65. The first kappa shape index (κ1) is 23.5. The van der Waals surface area contributed by atoms with E-state index in [-0.39, 0.29) is 35.4 Å². The molecule has 2 aliphatic rings. The number of hydrogen-bond acceptors (Lipinski definition) is 5. The molecular formula is C22H33N3O5S. The molecule has 0 unspecified atom stereocenters. The zero-order valence-corrected chi connectivity index (χ0v) is 19.0. The summed E-state index contributed by atoms with van der Waals surface area (Å²) in [5, 5.41) is 5.70. The Hall–Kier alpha value is -2.13. The third-order valence-corrected chi connectivity index (χ3v) is 7.87. The van der Waals surface area contributed by atoms with Crippen LogP contribution in [-0.4, -0.2) is 57.3 Å². The van der Waals surface area contributed by atoms with Crippen molar-refractivity contribution < 1.29 is 22.7 Å².